The third kappa shape index (κ3) is 4.17. The van der Waals surface area contributed by atoms with Gasteiger partial charge in [-0.3, -0.25) is 0 Å². The van der Waals surface area contributed by atoms with Crippen LogP contribution in [-0.4, -0.2) is 26.2 Å². The lowest BCUT2D eigenvalue weighted by atomic mass is 9.68. The summed E-state index contributed by atoms with van der Waals surface area (Å²) in [5.74, 6) is 0. The molecule has 1 fully saturated rings. The molecule has 1 saturated heterocycles. The highest BCUT2D eigenvalue weighted by Gasteiger charge is 2.52. The minimum absolute atomic E-state index is 0.0777. The van der Waals surface area contributed by atoms with Crippen LogP contribution >= 0.6 is 0 Å². The Morgan fingerprint density at radius 2 is 1.33 bits per heavy atom. The van der Waals surface area contributed by atoms with Crippen LogP contribution in [0.5, 0.6) is 0 Å². The van der Waals surface area contributed by atoms with Crippen LogP contribution in [0, 0.1) is 0 Å². The fraction of sp³-hybridized carbons (Fsp3) is 0.448. The summed E-state index contributed by atoms with van der Waals surface area (Å²) in [7, 11) is 5.95. The smallest absolute Gasteiger partial charge is 0.399 e. The van der Waals surface area contributed by atoms with Gasteiger partial charge in [0.1, 0.15) is 7.85 Å². The molecule has 33 heavy (non-hydrogen) atoms. The van der Waals surface area contributed by atoms with Gasteiger partial charge in [0.15, 0.2) is 0 Å². The molecule has 4 rings (SSSR count). The van der Waals surface area contributed by atoms with Gasteiger partial charge in [-0.15, -0.1) is 13.2 Å². The minimum Gasteiger partial charge on any atom is -0.399 e. The van der Waals surface area contributed by atoms with Gasteiger partial charge < -0.3 is 9.31 Å². The standard InChI is InChI=1S/C29H36B2O2/c1-7-9-11-17-29(18-12-10-8-2)25-19-21(30)13-15-23(25)24-16-14-22(20-26(24)29)31-32-27(3,4)28(5,6)33-31/h7-8,13-16,19-20H,1-2,9-12,17-18H2,3-6H3. The Labute approximate surface area is 202 Å². The first kappa shape index (κ1) is 24.1. The molecule has 1 heterocycles. The molecule has 0 N–H and O–H groups in total. The molecule has 1 aliphatic heterocycles. The summed E-state index contributed by atoms with van der Waals surface area (Å²) in [5.41, 5.74) is 6.46. The Morgan fingerprint density at radius 3 is 1.88 bits per heavy atom. The van der Waals surface area contributed by atoms with Crippen LogP contribution in [0.3, 0.4) is 0 Å². The topological polar surface area (TPSA) is 18.5 Å². The van der Waals surface area contributed by atoms with Gasteiger partial charge in [0.25, 0.3) is 0 Å². The first-order valence-electron chi connectivity index (χ1n) is 12.3. The Kier molecular flexibility index (Phi) is 6.55. The monoisotopic (exact) mass is 438 g/mol. The lowest BCUT2D eigenvalue weighted by molar-refractivity contribution is 0.00578. The van der Waals surface area contributed by atoms with Gasteiger partial charge in [0, 0.05) is 5.41 Å². The fourth-order valence-electron chi connectivity index (χ4n) is 5.42. The van der Waals surface area contributed by atoms with Crippen LogP contribution in [0.2, 0.25) is 0 Å². The Hall–Kier alpha value is -2.03. The summed E-state index contributed by atoms with van der Waals surface area (Å²) in [5, 5.41) is 0. The molecule has 0 bridgehead atoms. The molecule has 2 radical (unpaired) electrons. The molecule has 0 amide bonds. The minimum atomic E-state index is -0.367. The zero-order valence-corrected chi connectivity index (χ0v) is 20.7. The number of hydrogen-bond donors (Lipinski definition) is 0. The zero-order chi connectivity index (χ0) is 23.9. The molecule has 0 atom stereocenters. The number of fused-ring (bicyclic) bond motifs is 3. The molecule has 2 aromatic rings. The van der Waals surface area contributed by atoms with Crippen LogP contribution in [0.1, 0.15) is 77.3 Å². The first-order valence-corrected chi connectivity index (χ1v) is 12.3. The highest BCUT2D eigenvalue weighted by Crippen LogP contribution is 2.53. The second-order valence-electron chi connectivity index (χ2n) is 10.6. The molecular formula is C29H36B2O2. The van der Waals surface area contributed by atoms with Crippen LogP contribution in [0.25, 0.3) is 11.1 Å². The van der Waals surface area contributed by atoms with E-state index in [1.165, 1.54) is 22.3 Å². The number of allylic oxidation sites excluding steroid dienone is 2. The van der Waals surface area contributed by atoms with E-state index >= 15 is 0 Å². The van der Waals surface area contributed by atoms with Crippen LogP contribution in [0.15, 0.2) is 61.7 Å². The molecule has 2 aromatic carbocycles. The third-order valence-corrected chi connectivity index (χ3v) is 7.96. The van der Waals surface area contributed by atoms with E-state index in [0.29, 0.717) is 0 Å². The maximum Gasteiger partial charge on any atom is 0.494 e. The normalized spacial score (nSPS) is 19.2. The third-order valence-electron chi connectivity index (χ3n) is 7.96. The van der Waals surface area contributed by atoms with E-state index < -0.39 is 0 Å². The Bertz CT molecular complexity index is 1020. The van der Waals surface area contributed by atoms with E-state index in [4.69, 9.17) is 17.2 Å². The predicted molar refractivity (Wildman–Crippen MR) is 142 cm³/mol. The lowest BCUT2D eigenvalue weighted by Crippen LogP contribution is -2.41. The van der Waals surface area contributed by atoms with Gasteiger partial charge in [-0.25, -0.2) is 0 Å². The number of rotatable bonds is 9. The van der Waals surface area contributed by atoms with Crippen molar-refractivity contribution in [3.63, 3.8) is 0 Å². The summed E-state index contributed by atoms with van der Waals surface area (Å²) < 4.78 is 12.8. The molecule has 0 saturated carbocycles. The molecule has 0 spiro atoms. The first-order chi connectivity index (χ1) is 15.6. The van der Waals surface area contributed by atoms with E-state index in [0.717, 1.165) is 49.5 Å². The van der Waals surface area contributed by atoms with Crippen molar-refractivity contribution in [2.45, 2.75) is 82.8 Å². The summed E-state index contributed by atoms with van der Waals surface area (Å²) >= 11 is 0. The average Bonchev–Trinajstić information content (AvgIpc) is 3.15. The van der Waals surface area contributed by atoms with E-state index in [1.807, 2.05) is 18.2 Å². The average molecular weight is 438 g/mol. The predicted octanol–water partition coefficient (Wildman–Crippen LogP) is 5.76. The van der Waals surface area contributed by atoms with Gasteiger partial charge in [-0.05, 0) is 93.9 Å². The molecule has 1 aliphatic carbocycles. The summed E-state index contributed by atoms with van der Waals surface area (Å²) in [6, 6.07) is 13.2. The maximum absolute atomic E-state index is 6.40. The molecule has 2 aliphatic rings. The van der Waals surface area contributed by atoms with Gasteiger partial charge in [-0.1, -0.05) is 54.0 Å². The van der Waals surface area contributed by atoms with Crippen molar-refractivity contribution in [1.29, 1.82) is 0 Å². The molecule has 2 nitrogen and oxygen atoms in total. The molecular weight excluding hydrogens is 402 g/mol. The molecule has 4 heteroatoms. The molecule has 0 unspecified atom stereocenters. The Morgan fingerprint density at radius 1 is 0.818 bits per heavy atom. The van der Waals surface area contributed by atoms with Crippen molar-refractivity contribution in [1.82, 2.24) is 0 Å². The van der Waals surface area contributed by atoms with Gasteiger partial charge in [-0.2, -0.15) is 0 Å². The van der Waals surface area contributed by atoms with E-state index in [9.17, 15) is 0 Å². The molecule has 0 aromatic heterocycles. The number of benzene rings is 2. The van der Waals surface area contributed by atoms with Crippen molar-refractivity contribution in [2.75, 3.05) is 0 Å². The van der Waals surface area contributed by atoms with Gasteiger partial charge in [0.05, 0.1) is 11.2 Å². The highest BCUT2D eigenvalue weighted by atomic mass is 16.7. The van der Waals surface area contributed by atoms with Crippen molar-refractivity contribution in [3.05, 3.63) is 72.8 Å². The second kappa shape index (κ2) is 8.96. The van der Waals surface area contributed by atoms with E-state index in [-0.39, 0.29) is 23.7 Å². The summed E-state index contributed by atoms with van der Waals surface area (Å²) in [6.07, 6.45) is 10.4. The van der Waals surface area contributed by atoms with Crippen molar-refractivity contribution < 1.29 is 9.31 Å². The SMILES string of the molecule is [B]c1ccc2c(c1)C(CCCC=C)(CCCC=C)c1cc(B3OC(C)(C)C(C)(C)O3)ccc1-2. The van der Waals surface area contributed by atoms with E-state index in [1.54, 1.807) is 0 Å². The number of unbranched alkanes of at least 4 members (excludes halogenated alkanes) is 2. The highest BCUT2D eigenvalue weighted by molar-refractivity contribution is 6.62. The maximum atomic E-state index is 6.40. The van der Waals surface area contributed by atoms with Crippen molar-refractivity contribution >= 4 is 25.9 Å². The zero-order valence-electron chi connectivity index (χ0n) is 20.7. The number of hydrogen-bond acceptors (Lipinski definition) is 2. The lowest BCUT2D eigenvalue weighted by Gasteiger charge is -2.33. The quantitative estimate of drug-likeness (QED) is 0.282. The second-order valence-corrected chi connectivity index (χ2v) is 10.6. The summed E-state index contributed by atoms with van der Waals surface area (Å²) in [6.45, 7) is 16.3. The summed E-state index contributed by atoms with van der Waals surface area (Å²) in [4.78, 5) is 0. The van der Waals surface area contributed by atoms with Gasteiger partial charge >= 0.3 is 7.12 Å². The van der Waals surface area contributed by atoms with Gasteiger partial charge in [0.2, 0.25) is 0 Å². The van der Waals surface area contributed by atoms with E-state index in [2.05, 4.69) is 71.2 Å². The van der Waals surface area contributed by atoms with Crippen LogP contribution < -0.4 is 10.9 Å². The largest absolute Gasteiger partial charge is 0.494 e. The van der Waals surface area contributed by atoms with Crippen LogP contribution in [-0.2, 0) is 14.7 Å². The Balaban J connectivity index is 1.83. The molecule has 170 valence electrons. The van der Waals surface area contributed by atoms with Crippen molar-refractivity contribution in [3.8, 4) is 11.1 Å². The van der Waals surface area contributed by atoms with Crippen molar-refractivity contribution in [2.24, 2.45) is 0 Å². The van der Waals surface area contributed by atoms with Crippen LogP contribution in [0.4, 0.5) is 0 Å². The fourth-order valence-corrected chi connectivity index (χ4v) is 5.42.